The molecule has 2 aromatic carbocycles. The zero-order chi connectivity index (χ0) is 30.9. The molecule has 0 atom stereocenters. The Labute approximate surface area is 247 Å². The van der Waals surface area contributed by atoms with Crippen LogP contribution in [0.4, 0.5) is 5.82 Å². The van der Waals surface area contributed by atoms with Gasteiger partial charge in [-0.3, -0.25) is 9.71 Å². The molecule has 10 nitrogen and oxygen atoms in total. The average molecular weight is 595 g/mol. The van der Waals surface area contributed by atoms with E-state index < -0.39 is 10.0 Å². The Balaban J connectivity index is 2.25. The van der Waals surface area contributed by atoms with Crippen molar-refractivity contribution in [3.8, 4) is 23.1 Å². The standard InChI is InChI=1S/C31H38N4O6S/c1-8-9-18-32-26(21(2)3)28-33-29(35-42(37,38)23-16-14-22(15-17-23)31(4,5)6)27(30(34-28)40-20-19-36)41-25-13-11-10-12-24(25)39-7/h8-18,36H,19-20H2,1-7H3,(H,33,34,35)/b9-8-,32-18?. The summed E-state index contributed by atoms with van der Waals surface area (Å²) in [7, 11) is -2.66. The summed E-state index contributed by atoms with van der Waals surface area (Å²) in [6, 6.07) is 13.5. The number of benzene rings is 2. The van der Waals surface area contributed by atoms with Crippen LogP contribution in [0, 0.1) is 0 Å². The first-order chi connectivity index (χ1) is 19.9. The van der Waals surface area contributed by atoms with Crippen molar-refractivity contribution >= 4 is 27.8 Å². The molecule has 1 heterocycles. The summed E-state index contributed by atoms with van der Waals surface area (Å²) in [6.07, 6.45) is 5.15. The van der Waals surface area contributed by atoms with Crippen molar-refractivity contribution < 1.29 is 27.7 Å². The van der Waals surface area contributed by atoms with Crippen LogP contribution in [-0.2, 0) is 15.4 Å². The number of aliphatic hydroxyl groups excluding tert-OH is 1. The molecule has 0 aliphatic heterocycles. The summed E-state index contributed by atoms with van der Waals surface area (Å²) in [5, 5.41) is 9.50. The fourth-order valence-corrected chi connectivity index (χ4v) is 4.69. The summed E-state index contributed by atoms with van der Waals surface area (Å²) in [5.41, 5.74) is 2.01. The number of aliphatic hydroxyl groups is 1. The average Bonchev–Trinajstić information content (AvgIpc) is 2.95. The van der Waals surface area contributed by atoms with E-state index in [-0.39, 0.29) is 52.5 Å². The quantitative estimate of drug-likeness (QED) is 0.239. The number of methoxy groups -OCH3 is 1. The molecule has 0 spiro atoms. The maximum absolute atomic E-state index is 13.7. The van der Waals surface area contributed by atoms with Gasteiger partial charge in [0.25, 0.3) is 15.9 Å². The van der Waals surface area contributed by atoms with Crippen molar-refractivity contribution in [2.24, 2.45) is 4.99 Å². The number of aliphatic imine (C=N–C) groups is 1. The van der Waals surface area contributed by atoms with Gasteiger partial charge in [0.2, 0.25) is 5.75 Å². The fourth-order valence-electron chi connectivity index (χ4n) is 3.68. The highest BCUT2D eigenvalue weighted by molar-refractivity contribution is 7.92. The van der Waals surface area contributed by atoms with E-state index in [0.717, 1.165) is 11.1 Å². The van der Waals surface area contributed by atoms with Gasteiger partial charge in [0.15, 0.2) is 23.1 Å². The Hall–Kier alpha value is -4.22. The zero-order valence-corrected chi connectivity index (χ0v) is 25.8. The SMILES string of the molecule is C/C=C\C=NC(=C(C)C)c1nc(NS(=O)(=O)c2ccc(C(C)(C)C)cc2)c(Oc2ccccc2OC)c(OCCO)n1. The summed E-state index contributed by atoms with van der Waals surface area (Å²) < 4.78 is 47.2. The molecule has 3 rings (SSSR count). The number of rotatable bonds is 12. The van der Waals surface area contributed by atoms with Gasteiger partial charge in [-0.2, -0.15) is 4.98 Å². The first kappa shape index (κ1) is 32.3. The molecule has 2 N–H and O–H groups in total. The van der Waals surface area contributed by atoms with E-state index >= 15 is 0 Å². The maximum atomic E-state index is 13.7. The molecule has 11 heteroatoms. The van der Waals surface area contributed by atoms with Crippen LogP contribution in [0.5, 0.6) is 23.1 Å². The zero-order valence-electron chi connectivity index (χ0n) is 25.0. The number of aromatic nitrogens is 2. The normalized spacial score (nSPS) is 12.0. The minimum absolute atomic E-state index is 0.0327. The number of sulfonamides is 1. The summed E-state index contributed by atoms with van der Waals surface area (Å²) in [6.45, 7) is 11.2. The minimum Gasteiger partial charge on any atom is -0.493 e. The van der Waals surface area contributed by atoms with E-state index in [4.69, 9.17) is 14.2 Å². The van der Waals surface area contributed by atoms with Gasteiger partial charge in [-0.25, -0.2) is 13.4 Å². The van der Waals surface area contributed by atoms with Gasteiger partial charge in [-0.1, -0.05) is 51.1 Å². The van der Waals surface area contributed by atoms with E-state index in [1.54, 1.807) is 48.7 Å². The summed E-state index contributed by atoms with van der Waals surface area (Å²) in [5.74, 6) is 0.365. The fraction of sp³-hybridized carbons (Fsp3) is 0.323. The van der Waals surface area contributed by atoms with Crippen LogP contribution >= 0.6 is 0 Å². The number of hydrogen-bond acceptors (Lipinski definition) is 9. The van der Waals surface area contributed by atoms with Crippen LogP contribution in [0.3, 0.4) is 0 Å². The Morgan fingerprint density at radius 3 is 2.29 bits per heavy atom. The predicted octanol–water partition coefficient (Wildman–Crippen LogP) is 6.14. The second-order valence-electron chi connectivity index (χ2n) is 10.4. The highest BCUT2D eigenvalue weighted by Gasteiger charge is 2.26. The monoisotopic (exact) mass is 594 g/mol. The predicted molar refractivity (Wildman–Crippen MR) is 165 cm³/mol. The molecule has 0 fully saturated rings. The first-order valence-electron chi connectivity index (χ1n) is 13.3. The number of allylic oxidation sites excluding steroid dienone is 3. The molecule has 0 radical (unpaired) electrons. The van der Waals surface area contributed by atoms with Gasteiger partial charge in [0.1, 0.15) is 12.3 Å². The molecule has 3 aromatic rings. The molecule has 0 saturated heterocycles. The van der Waals surface area contributed by atoms with Crippen molar-refractivity contribution in [3.05, 3.63) is 77.6 Å². The minimum atomic E-state index is -4.15. The van der Waals surface area contributed by atoms with Crippen LogP contribution in [0.25, 0.3) is 5.70 Å². The third-order valence-electron chi connectivity index (χ3n) is 5.87. The molecule has 42 heavy (non-hydrogen) atoms. The Kier molecular flexibility index (Phi) is 10.8. The van der Waals surface area contributed by atoms with E-state index in [9.17, 15) is 13.5 Å². The van der Waals surface area contributed by atoms with Crippen molar-refractivity contribution in [1.82, 2.24) is 9.97 Å². The number of para-hydroxylation sites is 2. The molecule has 0 bridgehead atoms. The number of nitrogens with zero attached hydrogens (tertiary/aromatic N) is 3. The Bertz CT molecular complexity index is 1570. The number of nitrogens with one attached hydrogen (secondary N) is 1. The molecule has 0 amide bonds. The van der Waals surface area contributed by atoms with Crippen molar-refractivity contribution in [3.63, 3.8) is 0 Å². The lowest BCUT2D eigenvalue weighted by atomic mass is 9.87. The van der Waals surface area contributed by atoms with Gasteiger partial charge in [-0.15, -0.1) is 0 Å². The van der Waals surface area contributed by atoms with E-state index in [1.807, 2.05) is 47.6 Å². The second-order valence-corrected chi connectivity index (χ2v) is 12.1. The van der Waals surface area contributed by atoms with Gasteiger partial charge < -0.3 is 19.3 Å². The van der Waals surface area contributed by atoms with Crippen LogP contribution in [0.15, 0.2) is 76.1 Å². The number of anilines is 1. The van der Waals surface area contributed by atoms with Gasteiger partial charge in [-0.05, 0) is 67.7 Å². The van der Waals surface area contributed by atoms with Crippen molar-refractivity contribution in [2.45, 2.75) is 51.9 Å². The molecule has 0 unspecified atom stereocenters. The Morgan fingerprint density at radius 2 is 1.71 bits per heavy atom. The largest absolute Gasteiger partial charge is 0.493 e. The van der Waals surface area contributed by atoms with Crippen LogP contribution in [0.2, 0.25) is 0 Å². The lowest BCUT2D eigenvalue weighted by Gasteiger charge is -2.20. The first-order valence-corrected chi connectivity index (χ1v) is 14.8. The Morgan fingerprint density at radius 1 is 1.05 bits per heavy atom. The molecule has 0 saturated carbocycles. The van der Waals surface area contributed by atoms with Gasteiger partial charge in [0, 0.05) is 6.21 Å². The summed E-state index contributed by atoms with van der Waals surface area (Å²) in [4.78, 5) is 13.6. The molecule has 0 aliphatic rings. The molecule has 1 aromatic heterocycles. The number of ether oxygens (including phenoxy) is 3. The molecular formula is C31H38N4O6S. The third kappa shape index (κ3) is 8.17. The second kappa shape index (κ2) is 14.1. The topological polar surface area (TPSA) is 132 Å². The van der Waals surface area contributed by atoms with E-state index in [0.29, 0.717) is 11.4 Å². The van der Waals surface area contributed by atoms with Crippen LogP contribution in [-0.4, -0.2) is 50.0 Å². The molecular weight excluding hydrogens is 556 g/mol. The highest BCUT2D eigenvalue weighted by Crippen LogP contribution is 2.41. The van der Waals surface area contributed by atoms with Crippen LogP contribution in [0.1, 0.15) is 52.9 Å². The van der Waals surface area contributed by atoms with Crippen molar-refractivity contribution in [1.29, 1.82) is 0 Å². The lowest BCUT2D eigenvalue weighted by molar-refractivity contribution is 0.192. The molecule has 224 valence electrons. The third-order valence-corrected chi connectivity index (χ3v) is 7.23. The maximum Gasteiger partial charge on any atom is 0.263 e. The van der Waals surface area contributed by atoms with E-state index in [2.05, 4.69) is 19.7 Å². The van der Waals surface area contributed by atoms with Gasteiger partial charge >= 0.3 is 0 Å². The van der Waals surface area contributed by atoms with Crippen LogP contribution < -0.4 is 18.9 Å². The summed E-state index contributed by atoms with van der Waals surface area (Å²) >= 11 is 0. The van der Waals surface area contributed by atoms with Gasteiger partial charge in [0.05, 0.1) is 18.6 Å². The lowest BCUT2D eigenvalue weighted by Crippen LogP contribution is -2.17. The highest BCUT2D eigenvalue weighted by atomic mass is 32.2. The number of hydrogen-bond donors (Lipinski definition) is 2. The molecule has 0 aliphatic carbocycles. The smallest absolute Gasteiger partial charge is 0.263 e. The van der Waals surface area contributed by atoms with Crippen molar-refractivity contribution in [2.75, 3.05) is 25.0 Å². The van der Waals surface area contributed by atoms with E-state index in [1.165, 1.54) is 19.2 Å².